The Labute approximate surface area is 130 Å². The van der Waals surface area contributed by atoms with Crippen LogP contribution in [0.3, 0.4) is 0 Å². The number of anilines is 1. The number of nitrogens with zero attached hydrogens (tertiary/aromatic N) is 1. The van der Waals surface area contributed by atoms with Gasteiger partial charge in [0, 0.05) is 0 Å². The van der Waals surface area contributed by atoms with E-state index in [1.54, 1.807) is 0 Å². The predicted octanol–water partition coefficient (Wildman–Crippen LogP) is 1.15. The third-order valence-corrected chi connectivity index (χ3v) is 6.84. The number of nitrogens with two attached hydrogens (primary N) is 1. The standard InChI is InChI=1S/C15H21N2O.Pb/c16-13-6-4-5-11-9-14(15(18)10-12(11)13)17-7-2-1-3-8-17;/h1,4-6,14-15,18H,2-3,7-10,16H2;. The van der Waals surface area contributed by atoms with Gasteiger partial charge >= 0.3 is 131 Å². The zero-order valence-electron chi connectivity index (χ0n) is 11.2. The first-order valence-electron chi connectivity index (χ1n) is 7.14. The number of rotatable bonds is 1. The number of hydrogen-bond donors (Lipinski definition) is 2. The second-order valence-corrected chi connectivity index (χ2v) is 9.01. The molecule has 2 atom stereocenters. The molecule has 101 valence electrons. The molecule has 0 amide bonds. The van der Waals surface area contributed by atoms with Crippen LogP contribution in [0.15, 0.2) is 18.2 Å². The fourth-order valence-corrected chi connectivity index (χ4v) is 4.41. The molecular weight excluding hydrogens is 431 g/mol. The minimum atomic E-state index is -0.261. The van der Waals surface area contributed by atoms with Crippen molar-refractivity contribution in [1.82, 2.24) is 4.90 Å². The molecular formula is C15H21N2OPb. The Morgan fingerprint density at radius 3 is 2.68 bits per heavy atom. The molecule has 3 N–H and O–H groups in total. The molecule has 1 aromatic carbocycles. The van der Waals surface area contributed by atoms with Gasteiger partial charge in [-0.1, -0.05) is 0 Å². The van der Waals surface area contributed by atoms with Gasteiger partial charge in [-0.3, -0.25) is 0 Å². The Balaban J connectivity index is 1.78. The summed E-state index contributed by atoms with van der Waals surface area (Å²) < 4.78 is 0.972. The Hall–Kier alpha value is -0.138. The first-order chi connectivity index (χ1) is 9.15. The summed E-state index contributed by atoms with van der Waals surface area (Å²) in [5, 5.41) is 10.5. The number of likely N-dealkylation sites (tertiary alicyclic amines) is 1. The van der Waals surface area contributed by atoms with Crippen molar-refractivity contribution in [3.8, 4) is 0 Å². The molecule has 3 rings (SSSR count). The van der Waals surface area contributed by atoms with Gasteiger partial charge in [-0.05, 0) is 0 Å². The van der Waals surface area contributed by atoms with Crippen LogP contribution in [0.4, 0.5) is 5.69 Å². The summed E-state index contributed by atoms with van der Waals surface area (Å²) in [6.45, 7) is 2.32. The van der Waals surface area contributed by atoms with Gasteiger partial charge in [-0.2, -0.15) is 0 Å². The fraction of sp³-hybridized carbons (Fsp3) is 0.600. The van der Waals surface area contributed by atoms with Crippen LogP contribution in [-0.4, -0.2) is 61.0 Å². The van der Waals surface area contributed by atoms with Gasteiger partial charge in [0.1, 0.15) is 0 Å². The van der Waals surface area contributed by atoms with Crippen LogP contribution >= 0.6 is 0 Å². The molecule has 3 nitrogen and oxygen atoms in total. The summed E-state index contributed by atoms with van der Waals surface area (Å²) >= 11 is 1.32. The molecule has 1 fully saturated rings. The number of piperidine rings is 1. The first-order valence-corrected chi connectivity index (χ1v) is 9.39. The van der Waals surface area contributed by atoms with Crippen molar-refractivity contribution < 1.29 is 5.11 Å². The second kappa shape index (κ2) is 5.70. The maximum atomic E-state index is 10.5. The second-order valence-electron chi connectivity index (χ2n) is 5.84. The van der Waals surface area contributed by atoms with Gasteiger partial charge in [0.05, 0.1) is 0 Å². The van der Waals surface area contributed by atoms with Crippen molar-refractivity contribution in [3.05, 3.63) is 29.3 Å². The average Bonchev–Trinajstić information content (AvgIpc) is 2.40. The Kier molecular flexibility index (Phi) is 4.14. The molecule has 0 spiro atoms. The molecule has 1 aliphatic carbocycles. The summed E-state index contributed by atoms with van der Waals surface area (Å²) in [5.74, 6) is 0. The van der Waals surface area contributed by atoms with Crippen LogP contribution in [0.1, 0.15) is 24.0 Å². The zero-order chi connectivity index (χ0) is 13.4. The van der Waals surface area contributed by atoms with E-state index in [-0.39, 0.29) is 6.10 Å². The number of nitrogen functional groups attached to an aromatic ring is 1. The number of hydrogen-bond acceptors (Lipinski definition) is 3. The maximum absolute atomic E-state index is 10.5. The normalized spacial score (nSPS) is 29.2. The third-order valence-electron chi connectivity index (χ3n) is 4.59. The van der Waals surface area contributed by atoms with E-state index >= 15 is 0 Å². The van der Waals surface area contributed by atoms with Crippen molar-refractivity contribution in [2.45, 2.75) is 41.3 Å². The van der Waals surface area contributed by atoms with Gasteiger partial charge in [-0.25, -0.2) is 0 Å². The molecule has 2 aliphatic rings. The number of benzene rings is 1. The molecule has 1 aliphatic heterocycles. The summed E-state index contributed by atoms with van der Waals surface area (Å²) in [7, 11) is 0. The summed E-state index contributed by atoms with van der Waals surface area (Å²) in [4.78, 5) is 2.51. The van der Waals surface area contributed by atoms with Crippen LogP contribution in [-0.2, 0) is 12.8 Å². The SMILES string of the molecule is Nc1cccc2c1CC(O)C(N1CC[CH]([Pb])CC1)C2. The summed E-state index contributed by atoms with van der Waals surface area (Å²) in [5.41, 5.74) is 9.37. The summed E-state index contributed by atoms with van der Waals surface area (Å²) in [6, 6.07) is 6.44. The fourth-order valence-electron chi connectivity index (χ4n) is 3.40. The van der Waals surface area contributed by atoms with E-state index in [4.69, 9.17) is 5.73 Å². The van der Waals surface area contributed by atoms with Crippen molar-refractivity contribution in [1.29, 1.82) is 0 Å². The molecule has 3 radical (unpaired) electrons. The number of aliphatic hydroxyl groups is 1. The van der Waals surface area contributed by atoms with E-state index in [0.717, 1.165) is 28.7 Å². The first kappa shape index (κ1) is 13.8. The number of fused-ring (bicyclic) bond motifs is 1. The predicted molar refractivity (Wildman–Crippen MR) is 78.4 cm³/mol. The van der Waals surface area contributed by atoms with Crippen molar-refractivity contribution in [2.75, 3.05) is 18.8 Å². The molecule has 19 heavy (non-hydrogen) atoms. The van der Waals surface area contributed by atoms with E-state index in [2.05, 4.69) is 11.0 Å². The monoisotopic (exact) mass is 453 g/mol. The van der Waals surface area contributed by atoms with Gasteiger partial charge < -0.3 is 0 Å². The third kappa shape index (κ3) is 2.83. The zero-order valence-corrected chi connectivity index (χ0v) is 15.1. The van der Waals surface area contributed by atoms with Crippen LogP contribution in [0, 0.1) is 0 Å². The molecule has 1 saturated heterocycles. The van der Waals surface area contributed by atoms with E-state index in [1.165, 1.54) is 49.7 Å². The van der Waals surface area contributed by atoms with E-state index in [1.807, 2.05) is 12.1 Å². The summed E-state index contributed by atoms with van der Waals surface area (Å²) in [6.07, 6.45) is 4.04. The molecule has 4 heteroatoms. The minimum absolute atomic E-state index is 0.261. The Bertz CT molecular complexity index is 457. The Morgan fingerprint density at radius 1 is 1.21 bits per heavy atom. The van der Waals surface area contributed by atoms with Crippen LogP contribution < -0.4 is 5.73 Å². The van der Waals surface area contributed by atoms with E-state index < -0.39 is 0 Å². The Morgan fingerprint density at radius 2 is 1.95 bits per heavy atom. The van der Waals surface area contributed by atoms with Gasteiger partial charge in [-0.15, -0.1) is 0 Å². The van der Waals surface area contributed by atoms with Crippen molar-refractivity contribution in [2.24, 2.45) is 0 Å². The van der Waals surface area contributed by atoms with Gasteiger partial charge in [0.15, 0.2) is 0 Å². The molecule has 2 unspecified atom stereocenters. The van der Waals surface area contributed by atoms with Crippen molar-refractivity contribution in [3.63, 3.8) is 0 Å². The molecule has 1 heterocycles. The average molecular weight is 453 g/mol. The molecule has 0 bridgehead atoms. The molecule has 0 saturated carbocycles. The van der Waals surface area contributed by atoms with Crippen LogP contribution in [0.2, 0.25) is 3.48 Å². The van der Waals surface area contributed by atoms with Crippen LogP contribution in [0.5, 0.6) is 0 Å². The number of aliphatic hydroxyl groups excluding tert-OH is 1. The topological polar surface area (TPSA) is 49.5 Å². The van der Waals surface area contributed by atoms with E-state index in [0.29, 0.717) is 12.5 Å². The molecule has 1 aromatic rings. The molecule has 0 aromatic heterocycles. The van der Waals surface area contributed by atoms with Gasteiger partial charge in [0.25, 0.3) is 0 Å². The van der Waals surface area contributed by atoms with Gasteiger partial charge in [0.2, 0.25) is 0 Å². The van der Waals surface area contributed by atoms with Crippen LogP contribution in [0.25, 0.3) is 0 Å². The quantitative estimate of drug-likeness (QED) is 0.497. The van der Waals surface area contributed by atoms with Crippen molar-refractivity contribution >= 4 is 31.5 Å². The van der Waals surface area contributed by atoms with E-state index in [9.17, 15) is 5.11 Å².